The van der Waals surface area contributed by atoms with E-state index in [2.05, 4.69) is 188 Å². The van der Waals surface area contributed by atoms with Gasteiger partial charge in [-0.25, -0.2) is 24.9 Å². The molecule has 3 heterocycles. The van der Waals surface area contributed by atoms with Crippen molar-refractivity contribution in [1.29, 1.82) is 0 Å². The Morgan fingerprint density at radius 2 is 0.700 bits per heavy atom. The van der Waals surface area contributed by atoms with Gasteiger partial charge in [-0.15, -0.1) is 0 Å². The Balaban J connectivity index is 1.27. The second-order valence-corrected chi connectivity index (χ2v) is 15.8. The molecule has 7 nitrogen and oxygen atoms in total. The Labute approximate surface area is 349 Å². The third-order valence-corrected chi connectivity index (χ3v) is 11.2. The molecule has 0 atom stereocenters. The number of rotatable bonds is 9. The zero-order valence-corrected chi connectivity index (χ0v) is 34.0. The van der Waals surface area contributed by atoms with E-state index in [0.717, 1.165) is 72.9 Å². The zero-order chi connectivity index (χ0) is 40.7. The average molecular weight is 778 g/mol. The predicted octanol–water partition coefficient (Wildman–Crippen LogP) is 13.1. The first-order chi connectivity index (χ1) is 29.4. The van der Waals surface area contributed by atoms with Gasteiger partial charge in [0, 0.05) is 27.8 Å². The monoisotopic (exact) mass is 777 g/mol. The maximum absolute atomic E-state index is 5.28. The largest absolute Gasteiger partial charge is 0.292 e. The van der Waals surface area contributed by atoms with Gasteiger partial charge in [0.1, 0.15) is 11.6 Å². The molecule has 0 unspecified atom stereocenters. The summed E-state index contributed by atoms with van der Waals surface area (Å²) >= 11 is 0. The first-order valence-electron chi connectivity index (χ1n) is 20.6. The molecule has 290 valence electrons. The Kier molecular flexibility index (Phi) is 9.41. The maximum Gasteiger partial charge on any atom is 0.164 e. The van der Waals surface area contributed by atoms with Crippen molar-refractivity contribution in [2.24, 2.45) is 0 Å². The van der Waals surface area contributed by atoms with E-state index in [9.17, 15) is 0 Å². The van der Waals surface area contributed by atoms with Crippen molar-refractivity contribution >= 4 is 22.1 Å². The molecule has 0 bridgehead atoms. The maximum atomic E-state index is 5.28. The summed E-state index contributed by atoms with van der Waals surface area (Å²) in [4.78, 5) is 26.1. The van der Waals surface area contributed by atoms with Crippen LogP contribution in [0.5, 0.6) is 0 Å². The van der Waals surface area contributed by atoms with Gasteiger partial charge >= 0.3 is 0 Å². The minimum absolute atomic E-state index is 0.407. The number of nitrogens with zero attached hydrogens (tertiary/aromatic N) is 7. The highest BCUT2D eigenvalue weighted by atomic mass is 15.1. The minimum Gasteiger partial charge on any atom is -0.292 e. The number of benzene rings is 7. The molecule has 0 amide bonds. The van der Waals surface area contributed by atoms with Crippen LogP contribution in [-0.4, -0.2) is 34.1 Å². The van der Waals surface area contributed by atoms with E-state index in [4.69, 9.17) is 24.9 Å². The van der Waals surface area contributed by atoms with Crippen molar-refractivity contribution in [2.45, 2.75) is 39.5 Å². The van der Waals surface area contributed by atoms with E-state index in [1.165, 1.54) is 11.1 Å². The van der Waals surface area contributed by atoms with E-state index in [-0.39, 0.29) is 0 Å². The average Bonchev–Trinajstić information content (AvgIpc) is 3.89. The Morgan fingerprint density at radius 1 is 0.333 bits per heavy atom. The summed E-state index contributed by atoms with van der Waals surface area (Å²) in [5.74, 6) is 4.28. The lowest BCUT2D eigenvalue weighted by Crippen LogP contribution is -2.05. The molecule has 3 aromatic heterocycles. The van der Waals surface area contributed by atoms with Crippen LogP contribution in [-0.2, 0) is 0 Å². The van der Waals surface area contributed by atoms with E-state index in [1.807, 2.05) is 24.3 Å². The molecule has 0 aliphatic carbocycles. The second-order valence-electron chi connectivity index (χ2n) is 15.8. The van der Waals surface area contributed by atoms with Crippen LogP contribution in [0.25, 0.3) is 90.4 Å². The Bertz CT molecular complexity index is 2920. The van der Waals surface area contributed by atoms with Gasteiger partial charge in [0.05, 0.1) is 33.4 Å². The lowest BCUT2D eigenvalue weighted by molar-refractivity contribution is 0.866. The summed E-state index contributed by atoms with van der Waals surface area (Å²) in [6.45, 7) is 8.83. The van der Waals surface area contributed by atoms with Gasteiger partial charge in [0.25, 0.3) is 0 Å². The van der Waals surface area contributed by atoms with Crippen molar-refractivity contribution in [1.82, 2.24) is 34.1 Å². The van der Waals surface area contributed by atoms with Gasteiger partial charge in [-0.1, -0.05) is 161 Å². The standard InChI is InChI=1S/C53H43N7/c1-34(2)36-23-27-38(28-24-36)49-56-50(39-29-25-37(26-30-39)35(3)4)58-51(57-49)42-31-43(59-47-21-13-11-19-45(47)54-52(59)40-15-7-5-8-16-40)33-44(32-42)60-48-22-14-12-20-46(48)55-53(60)41-17-9-6-10-18-41/h5-35H,1-4H3. The van der Waals surface area contributed by atoms with Gasteiger partial charge in [-0.05, 0) is 65.4 Å². The fourth-order valence-electron chi connectivity index (χ4n) is 7.92. The number of fused-ring (bicyclic) bond motifs is 2. The van der Waals surface area contributed by atoms with Gasteiger partial charge in [0.2, 0.25) is 0 Å². The number of para-hydroxylation sites is 4. The zero-order valence-electron chi connectivity index (χ0n) is 34.0. The van der Waals surface area contributed by atoms with Gasteiger partial charge in [0.15, 0.2) is 17.5 Å². The van der Waals surface area contributed by atoms with E-state index in [0.29, 0.717) is 29.3 Å². The van der Waals surface area contributed by atoms with Crippen LogP contribution in [0.2, 0.25) is 0 Å². The molecule has 0 spiro atoms. The molecule has 0 aliphatic rings. The van der Waals surface area contributed by atoms with Crippen LogP contribution in [0.3, 0.4) is 0 Å². The van der Waals surface area contributed by atoms with Gasteiger partial charge < -0.3 is 0 Å². The topological polar surface area (TPSA) is 74.3 Å². The molecule has 0 saturated carbocycles. The molecule has 7 heteroatoms. The number of hydrogen-bond acceptors (Lipinski definition) is 5. The molecule has 0 fully saturated rings. The molecule has 0 N–H and O–H groups in total. The predicted molar refractivity (Wildman–Crippen MR) is 244 cm³/mol. The Morgan fingerprint density at radius 3 is 1.10 bits per heavy atom. The number of aromatic nitrogens is 7. The summed E-state index contributed by atoms with van der Waals surface area (Å²) in [7, 11) is 0. The van der Waals surface area contributed by atoms with Crippen molar-refractivity contribution in [3.63, 3.8) is 0 Å². The molecule has 7 aromatic carbocycles. The first-order valence-corrected chi connectivity index (χ1v) is 20.6. The summed E-state index contributed by atoms with van der Waals surface area (Å²) < 4.78 is 4.49. The van der Waals surface area contributed by atoms with Crippen LogP contribution in [0.1, 0.15) is 50.7 Å². The fraction of sp³-hybridized carbons (Fsp3) is 0.113. The second kappa shape index (κ2) is 15.3. The first kappa shape index (κ1) is 36.8. The molecule has 0 radical (unpaired) electrons. The summed E-state index contributed by atoms with van der Waals surface area (Å²) in [6, 6.07) is 61.1. The molecular formula is C53H43N7. The molecule has 0 aliphatic heterocycles. The van der Waals surface area contributed by atoms with Crippen LogP contribution in [0.4, 0.5) is 0 Å². The highest BCUT2D eigenvalue weighted by Gasteiger charge is 2.21. The van der Waals surface area contributed by atoms with Crippen molar-refractivity contribution in [2.75, 3.05) is 0 Å². The third-order valence-electron chi connectivity index (χ3n) is 11.2. The van der Waals surface area contributed by atoms with Crippen LogP contribution in [0, 0.1) is 0 Å². The fourth-order valence-corrected chi connectivity index (χ4v) is 7.92. The molecule has 10 rings (SSSR count). The smallest absolute Gasteiger partial charge is 0.164 e. The van der Waals surface area contributed by atoms with E-state index < -0.39 is 0 Å². The summed E-state index contributed by atoms with van der Waals surface area (Å²) in [6.07, 6.45) is 0. The van der Waals surface area contributed by atoms with E-state index in [1.54, 1.807) is 0 Å². The third kappa shape index (κ3) is 6.84. The highest BCUT2D eigenvalue weighted by Crippen LogP contribution is 2.36. The molecule has 60 heavy (non-hydrogen) atoms. The van der Waals surface area contributed by atoms with Crippen LogP contribution >= 0.6 is 0 Å². The van der Waals surface area contributed by atoms with Gasteiger partial charge in [-0.3, -0.25) is 9.13 Å². The lowest BCUT2D eigenvalue weighted by atomic mass is 10.0. The van der Waals surface area contributed by atoms with Crippen LogP contribution in [0.15, 0.2) is 176 Å². The Hall–Kier alpha value is -7.51. The van der Waals surface area contributed by atoms with Gasteiger partial charge in [-0.2, -0.15) is 0 Å². The normalized spacial score (nSPS) is 11.6. The van der Waals surface area contributed by atoms with Crippen molar-refractivity contribution in [3.8, 4) is 68.3 Å². The van der Waals surface area contributed by atoms with E-state index >= 15 is 0 Å². The summed E-state index contributed by atoms with van der Waals surface area (Å²) in [5, 5.41) is 0. The van der Waals surface area contributed by atoms with Crippen molar-refractivity contribution in [3.05, 3.63) is 187 Å². The quantitative estimate of drug-likeness (QED) is 0.146. The SMILES string of the molecule is CC(C)c1ccc(-c2nc(-c3ccc(C(C)C)cc3)nc(-c3cc(-n4c(-c5ccccc5)nc5ccccc54)cc(-n4c(-c5ccccc5)nc5ccccc54)c3)n2)cc1. The summed E-state index contributed by atoms with van der Waals surface area (Å²) in [5.41, 5.74) is 12.9. The van der Waals surface area contributed by atoms with Crippen LogP contribution < -0.4 is 0 Å². The number of imidazole rings is 2. The highest BCUT2D eigenvalue weighted by molar-refractivity contribution is 5.87. The number of hydrogen-bond donors (Lipinski definition) is 0. The molecule has 0 saturated heterocycles. The molecular weight excluding hydrogens is 735 g/mol. The lowest BCUT2D eigenvalue weighted by Gasteiger charge is -2.17. The molecule has 10 aromatic rings. The van der Waals surface area contributed by atoms with Crippen molar-refractivity contribution < 1.29 is 0 Å². The minimum atomic E-state index is 0.407.